The monoisotopic (exact) mass is 844 g/mol. The van der Waals surface area contributed by atoms with Crippen molar-refractivity contribution in [1.82, 2.24) is 4.90 Å². The molecule has 7 nitrogen and oxygen atoms in total. The minimum atomic E-state index is -0.0691. The number of ether oxygens (including phenoxy) is 3. The SMILES string of the molecule is CCCCCCCCCOC(=O)CC[C@@]12C[C@H]3C[C@@](CCCOC(=O)CCCN(CC)CC)(C1)C[C@](CCC(=O)OC(CCCCCCCC)CCCCCCCC)(C3)C2. The topological polar surface area (TPSA) is 82.1 Å². The van der Waals surface area contributed by atoms with E-state index in [1.165, 1.54) is 116 Å². The van der Waals surface area contributed by atoms with Crippen molar-refractivity contribution in [2.24, 2.45) is 22.2 Å². The third kappa shape index (κ3) is 20.7. The van der Waals surface area contributed by atoms with Crippen LogP contribution in [0.3, 0.4) is 0 Å². The van der Waals surface area contributed by atoms with Crippen LogP contribution in [0.2, 0.25) is 0 Å². The van der Waals surface area contributed by atoms with Crippen LogP contribution >= 0.6 is 0 Å². The van der Waals surface area contributed by atoms with Crippen molar-refractivity contribution in [2.45, 2.75) is 265 Å². The summed E-state index contributed by atoms with van der Waals surface area (Å²) in [4.78, 5) is 41.9. The Balaban J connectivity index is 1.60. The van der Waals surface area contributed by atoms with E-state index in [1.54, 1.807) is 0 Å². The van der Waals surface area contributed by atoms with Gasteiger partial charge in [-0.15, -0.1) is 0 Å². The lowest BCUT2D eigenvalue weighted by Gasteiger charge is -2.67. The van der Waals surface area contributed by atoms with Crippen molar-refractivity contribution in [1.29, 1.82) is 0 Å². The Morgan fingerprint density at radius 1 is 0.483 bits per heavy atom. The Labute approximate surface area is 370 Å². The maximum Gasteiger partial charge on any atom is 0.306 e. The van der Waals surface area contributed by atoms with Gasteiger partial charge >= 0.3 is 17.9 Å². The fourth-order valence-electron chi connectivity index (χ4n) is 12.5. The quantitative estimate of drug-likeness (QED) is 0.0346. The number of unbranched alkanes of at least 4 members (excludes halogenated alkanes) is 16. The zero-order chi connectivity index (χ0) is 43.4. The summed E-state index contributed by atoms with van der Waals surface area (Å²) in [5.74, 6) is 0.549. The fourth-order valence-corrected chi connectivity index (χ4v) is 12.5. The van der Waals surface area contributed by atoms with Gasteiger partial charge < -0.3 is 19.1 Å². The van der Waals surface area contributed by atoms with Crippen LogP contribution in [0.5, 0.6) is 0 Å². The van der Waals surface area contributed by atoms with E-state index in [2.05, 4.69) is 39.5 Å². The number of carbonyl (C=O) groups excluding carboxylic acids is 3. The Morgan fingerprint density at radius 2 is 0.900 bits per heavy atom. The predicted molar refractivity (Wildman–Crippen MR) is 249 cm³/mol. The third-order valence-corrected chi connectivity index (χ3v) is 15.1. The molecule has 4 fully saturated rings. The Hall–Kier alpha value is -1.63. The molecule has 4 bridgehead atoms. The molecule has 0 N–H and O–H groups in total. The second kappa shape index (κ2) is 30.5. The fraction of sp³-hybridized carbons (Fsp3) is 0.943. The van der Waals surface area contributed by atoms with Gasteiger partial charge in [0.1, 0.15) is 6.10 Å². The summed E-state index contributed by atoms with van der Waals surface area (Å²) in [7, 11) is 0. The molecule has 0 saturated heterocycles. The van der Waals surface area contributed by atoms with Crippen LogP contribution in [0, 0.1) is 22.2 Å². The maximum atomic E-state index is 13.8. The van der Waals surface area contributed by atoms with Crippen molar-refractivity contribution in [3.8, 4) is 0 Å². The first kappa shape index (κ1) is 52.7. The molecule has 4 atom stereocenters. The van der Waals surface area contributed by atoms with Gasteiger partial charge in [-0.3, -0.25) is 14.4 Å². The second-order valence-electron chi connectivity index (χ2n) is 20.5. The smallest absolute Gasteiger partial charge is 0.306 e. The number of esters is 3. The molecule has 4 rings (SSSR count). The molecule has 0 unspecified atom stereocenters. The highest BCUT2D eigenvalue weighted by molar-refractivity contribution is 5.70. The summed E-state index contributed by atoms with van der Waals surface area (Å²) >= 11 is 0. The second-order valence-corrected chi connectivity index (χ2v) is 20.5. The molecule has 350 valence electrons. The molecule has 0 aromatic carbocycles. The van der Waals surface area contributed by atoms with E-state index < -0.39 is 0 Å². The average molecular weight is 844 g/mol. The van der Waals surface area contributed by atoms with Crippen molar-refractivity contribution >= 4 is 17.9 Å². The summed E-state index contributed by atoms with van der Waals surface area (Å²) in [6.07, 6.45) is 38.9. The van der Waals surface area contributed by atoms with Crippen LogP contribution in [0.4, 0.5) is 0 Å². The maximum absolute atomic E-state index is 13.8. The van der Waals surface area contributed by atoms with Gasteiger partial charge in [0.25, 0.3) is 0 Å². The van der Waals surface area contributed by atoms with E-state index >= 15 is 0 Å². The summed E-state index contributed by atoms with van der Waals surface area (Å²) in [5.41, 5.74) is 0.439. The molecule has 0 aromatic heterocycles. The van der Waals surface area contributed by atoms with Crippen LogP contribution in [0.15, 0.2) is 0 Å². The first-order valence-electron chi connectivity index (χ1n) is 26.4. The largest absolute Gasteiger partial charge is 0.466 e. The van der Waals surface area contributed by atoms with E-state index in [9.17, 15) is 14.4 Å². The molecule has 0 amide bonds. The third-order valence-electron chi connectivity index (χ3n) is 15.1. The lowest BCUT2D eigenvalue weighted by atomic mass is 9.37. The first-order chi connectivity index (χ1) is 29.1. The molecule has 0 radical (unpaired) electrons. The lowest BCUT2D eigenvalue weighted by Crippen LogP contribution is -2.57. The van der Waals surface area contributed by atoms with Crippen LogP contribution in [0.1, 0.15) is 259 Å². The summed E-state index contributed by atoms with van der Waals surface area (Å²) < 4.78 is 18.0. The predicted octanol–water partition coefficient (Wildman–Crippen LogP) is 14.7. The van der Waals surface area contributed by atoms with Crippen molar-refractivity contribution in [3.05, 3.63) is 0 Å². The Bertz CT molecular complexity index is 1140. The highest BCUT2D eigenvalue weighted by atomic mass is 16.5. The van der Waals surface area contributed by atoms with Crippen LogP contribution < -0.4 is 0 Å². The normalized spacial score (nSPS) is 23.1. The Kier molecular flexibility index (Phi) is 26.8. The van der Waals surface area contributed by atoms with Crippen molar-refractivity contribution < 1.29 is 28.6 Å². The summed E-state index contributed by atoms with van der Waals surface area (Å²) in [6, 6.07) is 0. The van der Waals surface area contributed by atoms with E-state index in [1.807, 2.05) is 0 Å². The Morgan fingerprint density at radius 3 is 1.40 bits per heavy atom. The number of hydrogen-bond donors (Lipinski definition) is 0. The molecule has 0 heterocycles. The molecular formula is C53H97NO6. The van der Waals surface area contributed by atoms with E-state index in [-0.39, 0.29) is 40.3 Å². The molecule has 0 aromatic rings. The van der Waals surface area contributed by atoms with Gasteiger partial charge in [-0.25, -0.2) is 0 Å². The highest BCUT2D eigenvalue weighted by Crippen LogP contribution is 2.73. The molecule has 60 heavy (non-hydrogen) atoms. The van der Waals surface area contributed by atoms with E-state index in [0.29, 0.717) is 38.4 Å². The minimum absolute atomic E-state index is 0.0117. The van der Waals surface area contributed by atoms with Crippen molar-refractivity contribution in [2.75, 3.05) is 32.8 Å². The zero-order valence-corrected chi connectivity index (χ0v) is 40.3. The average Bonchev–Trinajstić information content (AvgIpc) is 3.22. The van der Waals surface area contributed by atoms with Gasteiger partial charge in [-0.2, -0.15) is 0 Å². The minimum Gasteiger partial charge on any atom is -0.466 e. The molecule has 4 saturated carbocycles. The van der Waals surface area contributed by atoms with Crippen LogP contribution in [-0.4, -0.2) is 61.8 Å². The number of rotatable bonds is 39. The van der Waals surface area contributed by atoms with Gasteiger partial charge in [0.05, 0.1) is 13.2 Å². The van der Waals surface area contributed by atoms with E-state index in [4.69, 9.17) is 14.2 Å². The van der Waals surface area contributed by atoms with E-state index in [0.717, 1.165) is 110 Å². The van der Waals surface area contributed by atoms with Crippen LogP contribution in [0.25, 0.3) is 0 Å². The zero-order valence-electron chi connectivity index (χ0n) is 40.3. The van der Waals surface area contributed by atoms with Gasteiger partial charge in [0, 0.05) is 19.3 Å². The number of hydrogen-bond acceptors (Lipinski definition) is 7. The summed E-state index contributed by atoms with van der Waals surface area (Å²) in [6.45, 7) is 15.1. The summed E-state index contributed by atoms with van der Waals surface area (Å²) in [5, 5.41) is 0. The van der Waals surface area contributed by atoms with Crippen LogP contribution in [-0.2, 0) is 28.6 Å². The molecule has 4 aliphatic carbocycles. The molecule has 4 aliphatic rings. The lowest BCUT2D eigenvalue weighted by molar-refractivity contribution is -0.176. The molecule has 0 aliphatic heterocycles. The molecule has 0 spiro atoms. The van der Waals surface area contributed by atoms with Gasteiger partial charge in [-0.1, -0.05) is 137 Å². The number of carbonyl (C=O) groups is 3. The standard InChI is InChI=1S/C53H97NO6/c1-6-11-14-17-20-23-26-38-58-49(56)32-35-52-41-46-40-51(43-52,34-28-39-59-48(55)31-27-37-54(9-4)10-5)44-53(42-46,45-52)36-33-50(57)60-47(29-24-21-18-15-12-7-2)30-25-22-19-16-13-8-3/h46-47H,6-45H2,1-5H3/t46-,51+,52-,53+/m1/s1. The first-order valence-corrected chi connectivity index (χ1v) is 26.4. The highest BCUT2D eigenvalue weighted by Gasteiger charge is 2.62. The van der Waals surface area contributed by atoms with Gasteiger partial charge in [0.15, 0.2) is 0 Å². The van der Waals surface area contributed by atoms with Crippen molar-refractivity contribution in [3.63, 3.8) is 0 Å². The molecular weight excluding hydrogens is 747 g/mol. The van der Waals surface area contributed by atoms with Gasteiger partial charge in [-0.05, 0) is 145 Å². The van der Waals surface area contributed by atoms with Gasteiger partial charge in [0.2, 0.25) is 0 Å². The molecule has 7 heteroatoms. The number of nitrogens with zero attached hydrogens (tertiary/aromatic N) is 1.